The minimum absolute atomic E-state index is 0.0155. The maximum atomic E-state index is 10.7. The van der Waals surface area contributed by atoms with Crippen LogP contribution >= 0.6 is 0 Å². The van der Waals surface area contributed by atoms with Crippen LogP contribution in [0.4, 0.5) is 0 Å². The standard InChI is InChI=1S/C11H12N4O3/c1-7(2)15-6-8(5-13-15)18-11-12-4-3-9(14-11)10(16)17/h3-7H,1-2H3,(H,16,17). The van der Waals surface area contributed by atoms with E-state index in [4.69, 9.17) is 9.84 Å². The molecule has 0 radical (unpaired) electrons. The van der Waals surface area contributed by atoms with Gasteiger partial charge in [0, 0.05) is 12.2 Å². The summed E-state index contributed by atoms with van der Waals surface area (Å²) >= 11 is 0. The Morgan fingerprint density at radius 2 is 2.28 bits per heavy atom. The van der Waals surface area contributed by atoms with E-state index in [0.717, 1.165) is 0 Å². The summed E-state index contributed by atoms with van der Waals surface area (Å²) in [6.07, 6.45) is 4.55. The molecule has 0 aliphatic carbocycles. The lowest BCUT2D eigenvalue weighted by molar-refractivity contribution is 0.0689. The van der Waals surface area contributed by atoms with Crippen molar-refractivity contribution in [1.29, 1.82) is 0 Å². The summed E-state index contributed by atoms with van der Waals surface area (Å²) in [7, 11) is 0. The van der Waals surface area contributed by atoms with Gasteiger partial charge < -0.3 is 9.84 Å². The first kappa shape index (κ1) is 12.0. The number of carboxylic acid groups (broad SMARTS) is 1. The average Bonchev–Trinajstić information content (AvgIpc) is 2.78. The topological polar surface area (TPSA) is 90.1 Å². The number of carboxylic acids is 1. The lowest BCUT2D eigenvalue weighted by atomic mass is 10.4. The van der Waals surface area contributed by atoms with Crippen molar-refractivity contribution in [3.63, 3.8) is 0 Å². The molecule has 0 aromatic carbocycles. The van der Waals surface area contributed by atoms with Gasteiger partial charge in [-0.25, -0.2) is 9.78 Å². The highest BCUT2D eigenvalue weighted by atomic mass is 16.5. The molecule has 7 nitrogen and oxygen atoms in total. The van der Waals surface area contributed by atoms with Crippen molar-refractivity contribution in [1.82, 2.24) is 19.7 Å². The van der Waals surface area contributed by atoms with Crippen LogP contribution in [0.3, 0.4) is 0 Å². The number of aromatic carboxylic acids is 1. The molecule has 0 bridgehead atoms. The van der Waals surface area contributed by atoms with Gasteiger partial charge in [0.05, 0.1) is 12.4 Å². The molecule has 0 fully saturated rings. The van der Waals surface area contributed by atoms with Gasteiger partial charge in [-0.1, -0.05) is 0 Å². The fourth-order valence-corrected chi connectivity index (χ4v) is 1.27. The van der Waals surface area contributed by atoms with E-state index in [1.165, 1.54) is 18.5 Å². The van der Waals surface area contributed by atoms with Crippen molar-refractivity contribution < 1.29 is 14.6 Å². The monoisotopic (exact) mass is 248 g/mol. The second-order valence-corrected chi connectivity index (χ2v) is 3.88. The van der Waals surface area contributed by atoms with Gasteiger partial charge in [0.1, 0.15) is 0 Å². The number of rotatable bonds is 4. The lowest BCUT2D eigenvalue weighted by Crippen LogP contribution is -2.02. The average molecular weight is 248 g/mol. The molecule has 2 aromatic heterocycles. The number of aromatic nitrogens is 4. The first-order valence-corrected chi connectivity index (χ1v) is 5.34. The van der Waals surface area contributed by atoms with Crippen molar-refractivity contribution in [3.8, 4) is 11.8 Å². The summed E-state index contributed by atoms with van der Waals surface area (Å²) in [6.45, 7) is 3.97. The van der Waals surface area contributed by atoms with Crippen LogP contribution in [0.25, 0.3) is 0 Å². The molecule has 1 N–H and O–H groups in total. The molecule has 7 heteroatoms. The molecule has 0 aliphatic rings. The van der Waals surface area contributed by atoms with E-state index in [1.54, 1.807) is 10.9 Å². The number of hydrogen-bond donors (Lipinski definition) is 1. The minimum atomic E-state index is -1.12. The van der Waals surface area contributed by atoms with Gasteiger partial charge in [-0.15, -0.1) is 0 Å². The molecule has 2 rings (SSSR count). The van der Waals surface area contributed by atoms with Crippen molar-refractivity contribution in [3.05, 3.63) is 30.4 Å². The maximum Gasteiger partial charge on any atom is 0.354 e. The van der Waals surface area contributed by atoms with E-state index in [2.05, 4.69) is 15.1 Å². The van der Waals surface area contributed by atoms with Crippen LogP contribution in [0.15, 0.2) is 24.7 Å². The van der Waals surface area contributed by atoms with Crippen LogP contribution in [-0.2, 0) is 0 Å². The summed E-state index contributed by atoms with van der Waals surface area (Å²) < 4.78 is 7.05. The highest BCUT2D eigenvalue weighted by Crippen LogP contribution is 2.18. The molecule has 0 atom stereocenters. The van der Waals surface area contributed by atoms with Gasteiger partial charge in [0.15, 0.2) is 11.4 Å². The maximum absolute atomic E-state index is 10.7. The van der Waals surface area contributed by atoms with Crippen molar-refractivity contribution in [2.45, 2.75) is 19.9 Å². The highest BCUT2D eigenvalue weighted by molar-refractivity contribution is 5.85. The van der Waals surface area contributed by atoms with E-state index in [-0.39, 0.29) is 17.7 Å². The molecule has 0 spiro atoms. The second kappa shape index (κ2) is 4.82. The molecule has 0 aliphatic heterocycles. The normalized spacial score (nSPS) is 10.6. The van der Waals surface area contributed by atoms with Gasteiger partial charge >= 0.3 is 12.0 Å². The van der Waals surface area contributed by atoms with E-state index in [0.29, 0.717) is 5.75 Å². The van der Waals surface area contributed by atoms with Gasteiger partial charge in [-0.2, -0.15) is 10.1 Å². The van der Waals surface area contributed by atoms with E-state index in [1.807, 2.05) is 13.8 Å². The molecule has 18 heavy (non-hydrogen) atoms. The van der Waals surface area contributed by atoms with Crippen LogP contribution in [0.5, 0.6) is 11.8 Å². The Kier molecular flexibility index (Phi) is 3.22. The quantitative estimate of drug-likeness (QED) is 0.886. The van der Waals surface area contributed by atoms with Crippen LogP contribution in [0.1, 0.15) is 30.4 Å². The molecule has 0 saturated heterocycles. The minimum Gasteiger partial charge on any atom is -0.477 e. The molecule has 94 valence electrons. The molecule has 0 unspecified atom stereocenters. The zero-order valence-electron chi connectivity index (χ0n) is 9.94. The number of ether oxygens (including phenoxy) is 1. The Morgan fingerprint density at radius 1 is 1.50 bits per heavy atom. The highest BCUT2D eigenvalue weighted by Gasteiger charge is 2.09. The number of carbonyl (C=O) groups is 1. The van der Waals surface area contributed by atoms with Gasteiger partial charge in [0.25, 0.3) is 0 Å². The number of nitrogens with zero attached hydrogens (tertiary/aromatic N) is 4. The molecular weight excluding hydrogens is 236 g/mol. The molecule has 2 aromatic rings. The first-order chi connectivity index (χ1) is 8.56. The Morgan fingerprint density at radius 3 is 2.89 bits per heavy atom. The fraction of sp³-hybridized carbons (Fsp3) is 0.273. The third-order valence-corrected chi connectivity index (χ3v) is 2.17. The largest absolute Gasteiger partial charge is 0.477 e. The second-order valence-electron chi connectivity index (χ2n) is 3.88. The van der Waals surface area contributed by atoms with Crippen LogP contribution in [0.2, 0.25) is 0 Å². The predicted octanol–water partition coefficient (Wildman–Crippen LogP) is 1.74. The Labute approximate surface area is 103 Å². The van der Waals surface area contributed by atoms with E-state index >= 15 is 0 Å². The smallest absolute Gasteiger partial charge is 0.354 e. The summed E-state index contributed by atoms with van der Waals surface area (Å²) in [5.41, 5.74) is -0.115. The first-order valence-electron chi connectivity index (χ1n) is 5.34. The summed E-state index contributed by atoms with van der Waals surface area (Å²) in [6, 6.07) is 1.50. The number of hydrogen-bond acceptors (Lipinski definition) is 5. The Bertz CT molecular complexity index is 565. The van der Waals surface area contributed by atoms with Crippen molar-refractivity contribution >= 4 is 5.97 Å². The lowest BCUT2D eigenvalue weighted by Gasteiger charge is -2.03. The van der Waals surface area contributed by atoms with Crippen molar-refractivity contribution in [2.24, 2.45) is 0 Å². The van der Waals surface area contributed by atoms with Gasteiger partial charge in [-0.3, -0.25) is 4.68 Å². The van der Waals surface area contributed by atoms with E-state index < -0.39 is 5.97 Å². The molecule has 0 saturated carbocycles. The van der Waals surface area contributed by atoms with Crippen molar-refractivity contribution in [2.75, 3.05) is 0 Å². The fourth-order valence-electron chi connectivity index (χ4n) is 1.27. The van der Waals surface area contributed by atoms with Crippen LogP contribution in [0, 0.1) is 0 Å². The van der Waals surface area contributed by atoms with E-state index in [9.17, 15) is 4.79 Å². The van der Waals surface area contributed by atoms with Crippen LogP contribution < -0.4 is 4.74 Å². The molecule has 2 heterocycles. The summed E-state index contributed by atoms with van der Waals surface area (Å²) in [5.74, 6) is -0.661. The molecule has 0 amide bonds. The summed E-state index contributed by atoms with van der Waals surface area (Å²) in [4.78, 5) is 18.3. The van der Waals surface area contributed by atoms with Gasteiger partial charge in [0.2, 0.25) is 0 Å². The summed E-state index contributed by atoms with van der Waals surface area (Å²) in [5, 5.41) is 12.9. The Hall–Kier alpha value is -2.44. The SMILES string of the molecule is CC(C)n1cc(Oc2nccc(C(=O)O)n2)cn1. The predicted molar refractivity (Wildman–Crippen MR) is 61.7 cm³/mol. The zero-order valence-corrected chi connectivity index (χ0v) is 9.94. The third kappa shape index (κ3) is 2.62. The third-order valence-electron chi connectivity index (χ3n) is 2.17. The van der Waals surface area contributed by atoms with Crippen LogP contribution in [-0.4, -0.2) is 30.8 Å². The zero-order chi connectivity index (χ0) is 13.1. The Balaban J connectivity index is 2.17. The van der Waals surface area contributed by atoms with Gasteiger partial charge in [-0.05, 0) is 19.9 Å². The molecular formula is C11H12N4O3.